The highest BCUT2D eigenvalue weighted by Crippen LogP contribution is 2.21. The summed E-state index contributed by atoms with van der Waals surface area (Å²) >= 11 is 6.04. The minimum absolute atomic E-state index is 0.0113. The van der Waals surface area contributed by atoms with Gasteiger partial charge in [0.25, 0.3) is 5.56 Å². The zero-order valence-corrected chi connectivity index (χ0v) is 11.0. The summed E-state index contributed by atoms with van der Waals surface area (Å²) in [5.74, 6) is 0. The number of halogens is 1. The van der Waals surface area contributed by atoms with Crippen LogP contribution in [0.1, 0.15) is 18.9 Å². The lowest BCUT2D eigenvalue weighted by Gasteiger charge is -2.31. The highest BCUT2D eigenvalue weighted by Gasteiger charge is 2.20. The van der Waals surface area contributed by atoms with Crippen LogP contribution in [-0.2, 0) is 0 Å². The van der Waals surface area contributed by atoms with E-state index in [0.717, 1.165) is 25.9 Å². The summed E-state index contributed by atoms with van der Waals surface area (Å²) in [4.78, 5) is 14.4. The van der Waals surface area contributed by atoms with Gasteiger partial charge in [0.2, 0.25) is 0 Å². The molecule has 2 heterocycles. The van der Waals surface area contributed by atoms with Crippen molar-refractivity contribution in [2.75, 3.05) is 32.5 Å². The van der Waals surface area contributed by atoms with Gasteiger partial charge in [-0.1, -0.05) is 11.6 Å². The van der Waals surface area contributed by atoms with Crippen LogP contribution in [0.4, 0.5) is 5.69 Å². The largest absolute Gasteiger partial charge is 0.384 e. The lowest BCUT2D eigenvalue weighted by atomic mass is 10.1. The lowest BCUT2D eigenvalue weighted by Crippen LogP contribution is -2.37. The average molecular weight is 256 g/mol. The van der Waals surface area contributed by atoms with Gasteiger partial charge in [-0.15, -0.1) is 0 Å². The van der Waals surface area contributed by atoms with E-state index in [1.165, 1.54) is 0 Å². The molecule has 0 amide bonds. The Morgan fingerprint density at radius 3 is 2.94 bits per heavy atom. The molecule has 0 aromatic carbocycles. The SMILES string of the molecule is CNc1cc(Cl)cn([C@@H]2CCCN(C)C2)c1=O. The molecular formula is C12H18ClN3O. The standard InChI is InChI=1S/C12H18ClN3O/c1-14-11-6-9(13)7-16(12(11)17)10-4-3-5-15(2)8-10/h6-7,10,14H,3-5,8H2,1-2H3/t10-/m1/s1. The molecule has 1 aliphatic heterocycles. The second kappa shape index (κ2) is 5.10. The Balaban J connectivity index is 2.37. The summed E-state index contributed by atoms with van der Waals surface area (Å²) in [5.41, 5.74) is 0.572. The highest BCUT2D eigenvalue weighted by atomic mass is 35.5. The van der Waals surface area contributed by atoms with E-state index in [2.05, 4.69) is 17.3 Å². The number of hydrogen-bond acceptors (Lipinski definition) is 3. The first-order valence-electron chi connectivity index (χ1n) is 5.90. The Labute approximate surface area is 106 Å². The van der Waals surface area contributed by atoms with Crippen molar-refractivity contribution < 1.29 is 0 Å². The van der Waals surface area contributed by atoms with E-state index in [4.69, 9.17) is 11.6 Å². The molecule has 1 atom stereocenters. The fourth-order valence-electron chi connectivity index (χ4n) is 2.38. The number of piperidine rings is 1. The van der Waals surface area contributed by atoms with E-state index in [1.807, 2.05) is 0 Å². The summed E-state index contributed by atoms with van der Waals surface area (Å²) in [5, 5.41) is 3.49. The molecule has 0 aliphatic carbocycles. The second-order valence-corrected chi connectivity index (χ2v) is 5.03. The molecular weight excluding hydrogens is 238 g/mol. The predicted octanol–water partition coefficient (Wildman–Crippen LogP) is 1.81. The number of nitrogens with one attached hydrogen (secondary N) is 1. The van der Waals surface area contributed by atoms with Crippen LogP contribution in [0.3, 0.4) is 0 Å². The van der Waals surface area contributed by atoms with E-state index in [-0.39, 0.29) is 11.6 Å². The van der Waals surface area contributed by atoms with E-state index in [9.17, 15) is 4.79 Å². The molecule has 1 aromatic rings. The first kappa shape index (κ1) is 12.5. The average Bonchev–Trinajstić information content (AvgIpc) is 2.31. The summed E-state index contributed by atoms with van der Waals surface area (Å²) in [7, 11) is 3.82. The van der Waals surface area contributed by atoms with Crippen molar-refractivity contribution >= 4 is 17.3 Å². The number of rotatable bonds is 2. The molecule has 0 radical (unpaired) electrons. The van der Waals surface area contributed by atoms with Crippen LogP contribution < -0.4 is 10.9 Å². The molecule has 2 rings (SSSR count). The first-order chi connectivity index (χ1) is 8.11. The van der Waals surface area contributed by atoms with Gasteiger partial charge in [0.15, 0.2) is 0 Å². The summed E-state index contributed by atoms with van der Waals surface area (Å²) in [6.45, 7) is 2.01. The molecule has 1 aliphatic rings. The number of nitrogens with zero attached hydrogens (tertiary/aromatic N) is 2. The maximum absolute atomic E-state index is 12.2. The monoisotopic (exact) mass is 255 g/mol. The Bertz CT molecular complexity index is 458. The van der Waals surface area contributed by atoms with Crippen molar-refractivity contribution in [2.45, 2.75) is 18.9 Å². The number of anilines is 1. The molecule has 0 spiro atoms. The van der Waals surface area contributed by atoms with Gasteiger partial charge >= 0.3 is 0 Å². The van der Waals surface area contributed by atoms with Gasteiger partial charge in [-0.2, -0.15) is 0 Å². The van der Waals surface area contributed by atoms with Crippen molar-refractivity contribution in [3.8, 4) is 0 Å². The summed E-state index contributed by atoms with van der Waals surface area (Å²) in [6, 6.07) is 1.90. The normalized spacial score (nSPS) is 21.5. The van der Waals surface area contributed by atoms with Crippen LogP contribution in [0, 0.1) is 0 Å². The Hall–Kier alpha value is -1.00. The Morgan fingerprint density at radius 1 is 1.53 bits per heavy atom. The van der Waals surface area contributed by atoms with Crippen LogP contribution in [0.5, 0.6) is 0 Å². The van der Waals surface area contributed by atoms with Crippen LogP contribution in [0.15, 0.2) is 17.1 Å². The van der Waals surface area contributed by atoms with Crippen molar-refractivity contribution in [2.24, 2.45) is 0 Å². The zero-order valence-electron chi connectivity index (χ0n) is 10.2. The Kier molecular flexibility index (Phi) is 3.74. The molecule has 0 unspecified atom stereocenters. The number of aromatic nitrogens is 1. The summed E-state index contributed by atoms with van der Waals surface area (Å²) < 4.78 is 1.77. The maximum Gasteiger partial charge on any atom is 0.274 e. The highest BCUT2D eigenvalue weighted by molar-refractivity contribution is 6.30. The van der Waals surface area contributed by atoms with Gasteiger partial charge in [0, 0.05) is 25.8 Å². The Morgan fingerprint density at radius 2 is 2.29 bits per heavy atom. The topological polar surface area (TPSA) is 37.3 Å². The minimum atomic E-state index is 0.0113. The van der Waals surface area contributed by atoms with Crippen molar-refractivity contribution in [1.29, 1.82) is 0 Å². The fraction of sp³-hybridized carbons (Fsp3) is 0.583. The second-order valence-electron chi connectivity index (χ2n) is 4.59. The maximum atomic E-state index is 12.2. The number of likely N-dealkylation sites (tertiary alicyclic amines) is 1. The van der Waals surface area contributed by atoms with Gasteiger partial charge in [0.05, 0.1) is 5.02 Å². The third-order valence-corrected chi connectivity index (χ3v) is 3.48. The molecule has 5 heteroatoms. The number of hydrogen-bond donors (Lipinski definition) is 1. The lowest BCUT2D eigenvalue weighted by molar-refractivity contribution is 0.209. The van der Waals surface area contributed by atoms with Crippen LogP contribution in [0.2, 0.25) is 5.02 Å². The summed E-state index contributed by atoms with van der Waals surface area (Å²) in [6.07, 6.45) is 3.90. The van der Waals surface area contributed by atoms with E-state index in [0.29, 0.717) is 10.7 Å². The van der Waals surface area contributed by atoms with Crippen LogP contribution in [0.25, 0.3) is 0 Å². The smallest absolute Gasteiger partial charge is 0.274 e. The van der Waals surface area contributed by atoms with Gasteiger partial charge in [-0.25, -0.2) is 0 Å². The molecule has 1 N–H and O–H groups in total. The quantitative estimate of drug-likeness (QED) is 0.876. The van der Waals surface area contributed by atoms with Crippen LogP contribution in [-0.4, -0.2) is 36.7 Å². The molecule has 0 saturated carbocycles. The molecule has 17 heavy (non-hydrogen) atoms. The number of likely N-dealkylation sites (N-methyl/N-ethyl adjacent to an activating group) is 1. The van der Waals surface area contributed by atoms with Crippen molar-refractivity contribution in [3.05, 3.63) is 27.6 Å². The van der Waals surface area contributed by atoms with Crippen molar-refractivity contribution in [1.82, 2.24) is 9.47 Å². The van der Waals surface area contributed by atoms with Crippen LogP contribution >= 0.6 is 11.6 Å². The molecule has 4 nitrogen and oxygen atoms in total. The predicted molar refractivity (Wildman–Crippen MR) is 71.0 cm³/mol. The third kappa shape index (κ3) is 2.64. The zero-order chi connectivity index (χ0) is 12.4. The molecule has 0 bridgehead atoms. The van der Waals surface area contributed by atoms with E-state index < -0.39 is 0 Å². The molecule has 1 saturated heterocycles. The van der Waals surface area contributed by atoms with E-state index in [1.54, 1.807) is 23.9 Å². The van der Waals surface area contributed by atoms with Gasteiger partial charge in [0.1, 0.15) is 5.69 Å². The first-order valence-corrected chi connectivity index (χ1v) is 6.27. The third-order valence-electron chi connectivity index (χ3n) is 3.27. The van der Waals surface area contributed by atoms with E-state index >= 15 is 0 Å². The van der Waals surface area contributed by atoms with Gasteiger partial charge in [-0.05, 0) is 32.5 Å². The number of pyridine rings is 1. The minimum Gasteiger partial charge on any atom is -0.384 e. The molecule has 94 valence electrons. The van der Waals surface area contributed by atoms with Gasteiger partial charge in [-0.3, -0.25) is 4.79 Å². The molecule has 1 aromatic heterocycles. The molecule has 1 fully saturated rings. The van der Waals surface area contributed by atoms with Crippen molar-refractivity contribution in [3.63, 3.8) is 0 Å². The fourth-order valence-corrected chi connectivity index (χ4v) is 2.60. The van der Waals surface area contributed by atoms with Gasteiger partial charge < -0.3 is 14.8 Å².